The maximum atomic E-state index is 2.39. The first-order valence-corrected chi connectivity index (χ1v) is 12.9. The van der Waals surface area contributed by atoms with Gasteiger partial charge in [0.15, 0.2) is 0 Å². The molecule has 0 aliphatic rings. The summed E-state index contributed by atoms with van der Waals surface area (Å²) in [6, 6.07) is 0. The van der Waals surface area contributed by atoms with Crippen LogP contribution in [0.2, 0.25) is 0 Å². The van der Waals surface area contributed by atoms with Crippen LogP contribution in [-0.2, 0) is 0 Å². The summed E-state index contributed by atoms with van der Waals surface area (Å²) >= 11 is 5.30. The maximum absolute atomic E-state index is 2.39. The topological polar surface area (TPSA) is 0 Å². The summed E-state index contributed by atoms with van der Waals surface area (Å²) in [7, 11) is 0. The molecule has 0 aliphatic carbocycles. The summed E-state index contributed by atoms with van der Waals surface area (Å²) in [5.74, 6) is 0. The average molecular weight is 496 g/mol. The van der Waals surface area contributed by atoms with Crippen LogP contribution in [0.1, 0.15) is 0 Å². The molecule has 0 aliphatic heterocycles. The van der Waals surface area contributed by atoms with E-state index in [2.05, 4.69) is 37.2 Å². The zero-order valence-electron chi connectivity index (χ0n) is 1.71. The van der Waals surface area contributed by atoms with Crippen LogP contribution in [0.15, 0.2) is 0 Å². The zero-order chi connectivity index (χ0) is 2.71. The largest absolute Gasteiger partial charge is 0 e. The molecule has 0 amide bonds. The van der Waals surface area contributed by atoms with Crippen molar-refractivity contribution in [2.75, 3.05) is 0 Å². The van der Waals surface area contributed by atoms with Gasteiger partial charge in [-0.05, 0) is 0 Å². The van der Waals surface area contributed by atoms with Crippen LogP contribution in [0.3, 0.4) is 0 Å². The Morgan fingerprint density at radius 1 is 1.25 bits per heavy atom. The van der Waals surface area contributed by atoms with Gasteiger partial charge in [0.2, 0.25) is 0 Å². The molecule has 0 nitrogen and oxygen atoms in total. The second kappa shape index (κ2) is 9.41. The SMILES string of the molecule is I[I-]I.[In]. The van der Waals surface area contributed by atoms with Gasteiger partial charge in [-0.25, -0.2) is 0 Å². The van der Waals surface area contributed by atoms with Gasteiger partial charge in [-0.3, -0.25) is 0 Å². The fourth-order valence-corrected chi connectivity index (χ4v) is 0. The normalized spacial score (nSPS) is 5.50. The second-order valence-electron chi connectivity index (χ2n) is 0.0540. The van der Waals surface area contributed by atoms with Crippen LogP contribution >= 0.6 is 37.2 Å². The van der Waals surface area contributed by atoms with E-state index in [4.69, 9.17) is 0 Å². The van der Waals surface area contributed by atoms with E-state index in [1.807, 2.05) is 0 Å². The fourth-order valence-electron chi connectivity index (χ4n) is 0. The molecule has 0 saturated heterocycles. The van der Waals surface area contributed by atoms with Crippen LogP contribution in [0.4, 0.5) is 0 Å². The Labute approximate surface area is 74.3 Å². The molecule has 0 aromatic heterocycles. The molecule has 0 bridgehead atoms. The predicted molar refractivity (Wildman–Crippen MR) is 33.8 cm³/mol. The van der Waals surface area contributed by atoms with E-state index in [0.29, 0.717) is 13.3 Å². The molecule has 0 spiro atoms. The van der Waals surface area contributed by atoms with Crippen LogP contribution in [-0.4, -0.2) is 25.8 Å². The Morgan fingerprint density at radius 2 is 1.25 bits per heavy atom. The van der Waals surface area contributed by atoms with E-state index >= 15 is 0 Å². The fraction of sp³-hybridized carbons (Fsp3) is 0. The van der Waals surface area contributed by atoms with E-state index < -0.39 is 0 Å². The van der Waals surface area contributed by atoms with E-state index in [9.17, 15) is 0 Å². The Morgan fingerprint density at radius 3 is 1.25 bits per heavy atom. The van der Waals surface area contributed by atoms with Gasteiger partial charge in [-0.2, -0.15) is 0 Å². The summed E-state index contributed by atoms with van der Waals surface area (Å²) in [6.45, 7) is 0. The third kappa shape index (κ3) is 8.91. The minimum absolute atomic E-state index is 0. The summed E-state index contributed by atoms with van der Waals surface area (Å²) in [6.07, 6.45) is 0. The van der Waals surface area contributed by atoms with Gasteiger partial charge in [0.25, 0.3) is 0 Å². The van der Waals surface area contributed by atoms with Gasteiger partial charge in [-0.1, -0.05) is 0 Å². The molecular weight excluding hydrogens is 496 g/mol. The summed E-state index contributed by atoms with van der Waals surface area (Å²) in [4.78, 5) is 0. The molecule has 0 unspecified atom stereocenters. The van der Waals surface area contributed by atoms with Crippen molar-refractivity contribution in [3.05, 3.63) is 0 Å². The van der Waals surface area contributed by atoms with Crippen molar-refractivity contribution in [1.82, 2.24) is 0 Å². The molecule has 4 heavy (non-hydrogen) atoms. The van der Waals surface area contributed by atoms with Gasteiger partial charge in [0.05, 0.1) is 0 Å². The minimum Gasteiger partial charge on any atom is 0 e. The van der Waals surface area contributed by atoms with E-state index in [1.165, 1.54) is 0 Å². The van der Waals surface area contributed by atoms with Crippen molar-refractivity contribution in [2.24, 2.45) is 0 Å². The second-order valence-corrected chi connectivity index (χ2v) is 16.3. The van der Waals surface area contributed by atoms with Crippen molar-refractivity contribution in [3.8, 4) is 0 Å². The Hall–Kier alpha value is 3.06. The molecule has 3 radical (unpaired) electrons. The third-order valence-electron chi connectivity index (χ3n) is 0. The van der Waals surface area contributed by atoms with Crippen LogP contribution in [0.5, 0.6) is 0 Å². The molecule has 0 heterocycles. The number of rotatable bonds is 0. The van der Waals surface area contributed by atoms with Gasteiger partial charge in [0.1, 0.15) is 0 Å². The van der Waals surface area contributed by atoms with E-state index in [-0.39, 0.29) is 25.8 Å². The quantitative estimate of drug-likeness (QED) is 0.355. The maximum Gasteiger partial charge on any atom is 0 e. The molecule has 0 aromatic rings. The number of hydrogen-bond donors (Lipinski definition) is 0. The van der Waals surface area contributed by atoms with Gasteiger partial charge < -0.3 is 0 Å². The molecule has 0 saturated carbocycles. The third-order valence-corrected chi connectivity index (χ3v) is 0. The molecule has 4 heteroatoms. The van der Waals surface area contributed by atoms with Crippen molar-refractivity contribution in [2.45, 2.75) is 0 Å². The number of hydrogen-bond acceptors (Lipinski definition) is 0. The van der Waals surface area contributed by atoms with Crippen LogP contribution in [0.25, 0.3) is 0 Å². The van der Waals surface area contributed by atoms with E-state index in [1.54, 1.807) is 0 Å². The first-order chi connectivity index (χ1) is 1.41. The van der Waals surface area contributed by atoms with Crippen molar-refractivity contribution in [3.63, 3.8) is 0 Å². The molecule has 0 N–H and O–H groups in total. The first-order valence-electron chi connectivity index (χ1n) is 0.286. The first kappa shape index (κ1) is 10.1. The van der Waals surface area contributed by atoms with Crippen LogP contribution in [0, 0.1) is 0 Å². The summed E-state index contributed by atoms with van der Waals surface area (Å²) in [5.41, 5.74) is 0. The van der Waals surface area contributed by atoms with Crippen LogP contribution < -0.4 is 13.3 Å². The summed E-state index contributed by atoms with van der Waals surface area (Å²) in [5, 5.41) is 0. The molecule has 0 aromatic carbocycles. The van der Waals surface area contributed by atoms with Crippen molar-refractivity contribution in [1.29, 1.82) is 0 Å². The Bertz CT molecular complexity index is 3.25. The van der Waals surface area contributed by atoms with Crippen molar-refractivity contribution < 1.29 is 13.3 Å². The zero-order valence-corrected chi connectivity index (χ0v) is 11.5. The average Bonchev–Trinajstić information content (AvgIpc) is 0.918. The Balaban J connectivity index is 0. The van der Waals surface area contributed by atoms with Crippen molar-refractivity contribution >= 4 is 63.1 Å². The molecule has 0 fully saturated rings. The van der Waals surface area contributed by atoms with Gasteiger partial charge in [-0.15, -0.1) is 0 Å². The van der Waals surface area contributed by atoms with Gasteiger partial charge in [0, 0.05) is 25.8 Å². The van der Waals surface area contributed by atoms with E-state index in [0.717, 1.165) is 0 Å². The molecule has 0 atom stereocenters. The Kier molecular flexibility index (Phi) is 23.8. The number of halogens is 3. The molecule has 0 rings (SSSR count). The smallest absolute Gasteiger partial charge is 0 e. The molecular formula is I3In-. The standard InChI is InChI=1S/I3.In/c1-3-2;/q-1;. The summed E-state index contributed by atoms with van der Waals surface area (Å²) < 4.78 is 0. The molecule has 25 valence electrons. The van der Waals surface area contributed by atoms with Gasteiger partial charge >= 0.3 is 50.5 Å². The minimum atomic E-state index is 0. The monoisotopic (exact) mass is 496 g/mol. The predicted octanol–water partition coefficient (Wildman–Crippen LogP) is -1.61.